The summed E-state index contributed by atoms with van der Waals surface area (Å²) in [4.78, 5) is 26.6. The van der Waals surface area contributed by atoms with Gasteiger partial charge in [-0.3, -0.25) is 9.59 Å². The van der Waals surface area contributed by atoms with Gasteiger partial charge >= 0.3 is 0 Å². The van der Waals surface area contributed by atoms with E-state index in [2.05, 4.69) is 22.0 Å². The number of fused-ring (bicyclic) bond motifs is 1. The zero-order chi connectivity index (χ0) is 19.7. The van der Waals surface area contributed by atoms with Crippen LogP contribution in [-0.4, -0.2) is 34.4 Å². The molecule has 2 amide bonds. The standard InChI is InChI=1S/C23H25N3O2/c1-16-13-19-5-3-4-6-21(19)26(16)15-22(27)25(2)14-17-7-9-18(10-8-17)23(28)24-20-11-12-20/h3-10,13,20H,11-12,14-15H2,1-2H3,(H,24,28). The molecule has 0 aliphatic heterocycles. The largest absolute Gasteiger partial charge is 0.349 e. The molecule has 3 aromatic rings. The fraction of sp³-hybridized carbons (Fsp3) is 0.304. The number of carbonyl (C=O) groups is 2. The third-order valence-electron chi connectivity index (χ3n) is 5.29. The first-order chi connectivity index (χ1) is 13.5. The number of nitrogens with one attached hydrogen (secondary N) is 1. The monoisotopic (exact) mass is 375 g/mol. The van der Waals surface area contributed by atoms with Gasteiger partial charge in [0.2, 0.25) is 5.91 Å². The SMILES string of the molecule is Cc1cc2ccccc2n1CC(=O)N(C)Cc1ccc(C(=O)NC2CC2)cc1. The minimum Gasteiger partial charge on any atom is -0.349 e. The lowest BCUT2D eigenvalue weighted by Gasteiger charge is -2.19. The molecule has 0 atom stereocenters. The van der Waals surface area contributed by atoms with Crippen molar-refractivity contribution >= 4 is 22.7 Å². The van der Waals surface area contributed by atoms with Crippen molar-refractivity contribution in [3.63, 3.8) is 0 Å². The van der Waals surface area contributed by atoms with E-state index in [1.165, 1.54) is 0 Å². The van der Waals surface area contributed by atoms with Crippen LogP contribution >= 0.6 is 0 Å². The minimum absolute atomic E-state index is 0.0200. The number of aryl methyl sites for hydroxylation is 1. The number of hydrogen-bond donors (Lipinski definition) is 1. The van der Waals surface area contributed by atoms with Crippen LogP contribution < -0.4 is 5.32 Å². The molecule has 28 heavy (non-hydrogen) atoms. The number of carbonyl (C=O) groups excluding carboxylic acids is 2. The molecule has 0 bridgehead atoms. The molecule has 5 nitrogen and oxygen atoms in total. The second kappa shape index (κ2) is 7.50. The van der Waals surface area contributed by atoms with Gasteiger partial charge in [-0.25, -0.2) is 0 Å². The highest BCUT2D eigenvalue weighted by Gasteiger charge is 2.23. The number of amides is 2. The maximum Gasteiger partial charge on any atom is 0.251 e. The molecule has 0 radical (unpaired) electrons. The van der Waals surface area contributed by atoms with Crippen LogP contribution in [0.25, 0.3) is 10.9 Å². The number of hydrogen-bond acceptors (Lipinski definition) is 2. The number of aromatic nitrogens is 1. The first-order valence-corrected chi connectivity index (χ1v) is 9.70. The van der Waals surface area contributed by atoms with Crippen LogP contribution in [0, 0.1) is 6.92 Å². The van der Waals surface area contributed by atoms with Crippen LogP contribution in [0.1, 0.15) is 34.5 Å². The summed E-state index contributed by atoms with van der Waals surface area (Å²) in [6.07, 6.45) is 2.15. The van der Waals surface area contributed by atoms with Gasteiger partial charge in [-0.2, -0.15) is 0 Å². The molecule has 1 heterocycles. The fourth-order valence-corrected chi connectivity index (χ4v) is 3.43. The van der Waals surface area contributed by atoms with E-state index >= 15 is 0 Å². The number of nitrogens with zero attached hydrogens (tertiary/aromatic N) is 2. The maximum atomic E-state index is 12.8. The third kappa shape index (κ3) is 3.93. The summed E-state index contributed by atoms with van der Waals surface area (Å²) in [5.41, 5.74) is 3.83. The lowest BCUT2D eigenvalue weighted by atomic mass is 10.1. The summed E-state index contributed by atoms with van der Waals surface area (Å²) in [5, 5.41) is 4.14. The molecule has 0 unspecified atom stereocenters. The molecule has 0 spiro atoms. The molecule has 1 fully saturated rings. The Kier molecular flexibility index (Phi) is 4.90. The van der Waals surface area contributed by atoms with Crippen molar-refractivity contribution in [3.8, 4) is 0 Å². The van der Waals surface area contributed by atoms with Crippen LogP contribution in [0.3, 0.4) is 0 Å². The van der Waals surface area contributed by atoms with Crippen molar-refractivity contribution in [2.24, 2.45) is 0 Å². The van der Waals surface area contributed by atoms with Crippen LogP contribution in [0.4, 0.5) is 0 Å². The van der Waals surface area contributed by atoms with Crippen LogP contribution in [-0.2, 0) is 17.9 Å². The highest BCUT2D eigenvalue weighted by molar-refractivity contribution is 5.94. The Bertz CT molecular complexity index is 1020. The molecule has 1 saturated carbocycles. The normalized spacial score (nSPS) is 13.5. The highest BCUT2D eigenvalue weighted by Crippen LogP contribution is 2.20. The molecule has 144 valence electrons. The molecule has 1 N–H and O–H groups in total. The average molecular weight is 375 g/mol. The average Bonchev–Trinajstić information content (AvgIpc) is 3.45. The minimum atomic E-state index is -0.0200. The van der Waals surface area contributed by atoms with Gasteiger partial charge in [0.25, 0.3) is 5.91 Å². The van der Waals surface area contributed by atoms with Crippen LogP contribution in [0.2, 0.25) is 0 Å². The van der Waals surface area contributed by atoms with E-state index in [4.69, 9.17) is 0 Å². The molecule has 4 rings (SSSR count). The number of para-hydroxylation sites is 1. The maximum absolute atomic E-state index is 12.8. The predicted molar refractivity (Wildman–Crippen MR) is 110 cm³/mol. The van der Waals surface area contributed by atoms with Gasteiger partial charge in [-0.05, 0) is 55.0 Å². The second-order valence-electron chi connectivity index (χ2n) is 7.63. The van der Waals surface area contributed by atoms with Gasteiger partial charge in [0.15, 0.2) is 0 Å². The molecular weight excluding hydrogens is 350 g/mol. The van der Waals surface area contributed by atoms with Gasteiger partial charge in [0, 0.05) is 36.4 Å². The van der Waals surface area contributed by atoms with E-state index < -0.39 is 0 Å². The summed E-state index contributed by atoms with van der Waals surface area (Å²) < 4.78 is 2.06. The first kappa shape index (κ1) is 18.3. The van der Waals surface area contributed by atoms with Crippen molar-refractivity contribution in [1.29, 1.82) is 0 Å². The summed E-state index contributed by atoms with van der Waals surface area (Å²) in [6.45, 7) is 2.86. The van der Waals surface area contributed by atoms with Gasteiger partial charge in [0.1, 0.15) is 6.54 Å². The predicted octanol–water partition coefficient (Wildman–Crippen LogP) is 3.50. The molecule has 5 heteroatoms. The van der Waals surface area contributed by atoms with E-state index in [0.717, 1.165) is 35.0 Å². The fourth-order valence-electron chi connectivity index (χ4n) is 3.43. The number of likely N-dealkylation sites (N-methyl/N-ethyl adjacent to an activating group) is 1. The quantitative estimate of drug-likeness (QED) is 0.717. The first-order valence-electron chi connectivity index (χ1n) is 9.70. The Morgan fingerprint density at radius 1 is 1.11 bits per heavy atom. The van der Waals surface area contributed by atoms with E-state index in [9.17, 15) is 9.59 Å². The van der Waals surface area contributed by atoms with Gasteiger partial charge in [-0.1, -0.05) is 30.3 Å². The zero-order valence-electron chi connectivity index (χ0n) is 16.3. The van der Waals surface area contributed by atoms with Crippen molar-refractivity contribution < 1.29 is 9.59 Å². The Balaban J connectivity index is 1.40. The van der Waals surface area contributed by atoms with E-state index in [1.54, 1.807) is 4.90 Å². The van der Waals surface area contributed by atoms with Crippen LogP contribution in [0.15, 0.2) is 54.6 Å². The molecule has 1 aliphatic rings. The lowest BCUT2D eigenvalue weighted by molar-refractivity contribution is -0.131. The van der Waals surface area contributed by atoms with Crippen molar-refractivity contribution in [1.82, 2.24) is 14.8 Å². The van der Waals surface area contributed by atoms with Crippen molar-refractivity contribution in [2.75, 3.05) is 7.05 Å². The van der Waals surface area contributed by atoms with Gasteiger partial charge in [-0.15, -0.1) is 0 Å². The van der Waals surface area contributed by atoms with Crippen LogP contribution in [0.5, 0.6) is 0 Å². The summed E-state index contributed by atoms with van der Waals surface area (Å²) in [6, 6.07) is 18.1. The van der Waals surface area contributed by atoms with E-state index in [0.29, 0.717) is 24.7 Å². The van der Waals surface area contributed by atoms with E-state index in [-0.39, 0.29) is 11.8 Å². The Hall–Kier alpha value is -3.08. The highest BCUT2D eigenvalue weighted by atomic mass is 16.2. The molecular formula is C23H25N3O2. The topological polar surface area (TPSA) is 54.3 Å². The third-order valence-corrected chi connectivity index (χ3v) is 5.29. The molecule has 1 aromatic heterocycles. The van der Waals surface area contributed by atoms with Gasteiger partial charge in [0.05, 0.1) is 0 Å². The molecule has 2 aromatic carbocycles. The molecule has 1 aliphatic carbocycles. The van der Waals surface area contributed by atoms with Gasteiger partial charge < -0.3 is 14.8 Å². The summed E-state index contributed by atoms with van der Waals surface area (Å²) in [7, 11) is 1.82. The number of benzene rings is 2. The Morgan fingerprint density at radius 2 is 1.82 bits per heavy atom. The lowest BCUT2D eigenvalue weighted by Crippen LogP contribution is -2.30. The second-order valence-corrected chi connectivity index (χ2v) is 7.63. The smallest absolute Gasteiger partial charge is 0.251 e. The summed E-state index contributed by atoms with van der Waals surface area (Å²) in [5.74, 6) is 0.0356. The van der Waals surface area contributed by atoms with Crippen molar-refractivity contribution in [3.05, 3.63) is 71.4 Å². The summed E-state index contributed by atoms with van der Waals surface area (Å²) >= 11 is 0. The van der Waals surface area contributed by atoms with Crippen molar-refractivity contribution in [2.45, 2.75) is 38.9 Å². The Morgan fingerprint density at radius 3 is 2.54 bits per heavy atom. The Labute approximate surface area is 165 Å². The van der Waals surface area contributed by atoms with E-state index in [1.807, 2.05) is 56.4 Å². The zero-order valence-corrected chi connectivity index (χ0v) is 16.3. The number of rotatable bonds is 6. The molecule has 0 saturated heterocycles.